The number of nitrogens with two attached hydrogens (primary N) is 2. The van der Waals surface area contributed by atoms with Crippen molar-refractivity contribution >= 4 is 33.5 Å². The maximum atomic E-state index is 12.2. The first-order valence-electron chi connectivity index (χ1n) is 8.60. The molecule has 0 saturated carbocycles. The Hall–Kier alpha value is -2.56. The topological polar surface area (TPSA) is 128 Å². The smallest absolute Gasteiger partial charge is 0.280 e. The van der Waals surface area contributed by atoms with E-state index in [0.29, 0.717) is 5.75 Å². The lowest BCUT2D eigenvalue weighted by molar-refractivity contribution is 0.100. The van der Waals surface area contributed by atoms with Crippen LogP contribution < -0.4 is 16.2 Å². The number of carbonyl (C=O) groups is 1. The van der Waals surface area contributed by atoms with E-state index in [0.717, 1.165) is 23.4 Å². The normalized spacial score (nSPS) is 11.3. The van der Waals surface area contributed by atoms with Crippen LogP contribution in [-0.2, 0) is 9.84 Å². The van der Waals surface area contributed by atoms with Gasteiger partial charge in [-0.25, -0.2) is 8.42 Å². The minimum atomic E-state index is -3.66. The zero-order chi connectivity index (χ0) is 21.6. The van der Waals surface area contributed by atoms with Crippen molar-refractivity contribution in [3.63, 3.8) is 0 Å². The van der Waals surface area contributed by atoms with Crippen molar-refractivity contribution in [3.8, 4) is 11.5 Å². The Balaban J connectivity index is 2.23. The summed E-state index contributed by atoms with van der Waals surface area (Å²) in [5.74, 6) is 0.411. The molecular formula is C19H24N4O4S2. The predicted molar refractivity (Wildman–Crippen MR) is 115 cm³/mol. The van der Waals surface area contributed by atoms with Gasteiger partial charge < -0.3 is 21.1 Å². The molecule has 29 heavy (non-hydrogen) atoms. The summed E-state index contributed by atoms with van der Waals surface area (Å²) < 4.78 is 30.1. The molecule has 0 atom stereocenters. The Morgan fingerprint density at radius 2 is 1.79 bits per heavy atom. The predicted octanol–water partition coefficient (Wildman–Crippen LogP) is 1.95. The molecule has 0 bridgehead atoms. The molecule has 4 N–H and O–H groups in total. The first-order valence-corrected chi connectivity index (χ1v) is 11.5. The number of nitrogens with zero attached hydrogens (tertiary/aromatic N) is 2. The Labute approximate surface area is 174 Å². The first-order chi connectivity index (χ1) is 13.6. The van der Waals surface area contributed by atoms with E-state index in [4.69, 9.17) is 16.2 Å². The van der Waals surface area contributed by atoms with Gasteiger partial charge in [-0.1, -0.05) is 0 Å². The highest BCUT2D eigenvalue weighted by Gasteiger charge is 2.18. The quantitative estimate of drug-likeness (QED) is 0.365. The van der Waals surface area contributed by atoms with Crippen molar-refractivity contribution in [2.45, 2.75) is 9.79 Å². The number of carbonyl (C=O) groups excluding carboxylic acids is 1. The van der Waals surface area contributed by atoms with Crippen molar-refractivity contribution in [1.29, 1.82) is 0 Å². The summed E-state index contributed by atoms with van der Waals surface area (Å²) in [6.07, 6.45) is 1.04. The Morgan fingerprint density at radius 1 is 1.14 bits per heavy atom. The number of thioether (sulfide) groups is 1. The van der Waals surface area contributed by atoms with E-state index in [2.05, 4.69) is 9.89 Å². The number of guanidine groups is 1. The van der Waals surface area contributed by atoms with Gasteiger partial charge in [0.1, 0.15) is 16.4 Å². The van der Waals surface area contributed by atoms with Crippen molar-refractivity contribution in [1.82, 2.24) is 4.90 Å². The van der Waals surface area contributed by atoms with Crippen LogP contribution in [0.4, 0.5) is 0 Å². The van der Waals surface area contributed by atoms with Crippen LogP contribution in [0.5, 0.6) is 11.5 Å². The van der Waals surface area contributed by atoms with Crippen LogP contribution in [0, 0.1) is 0 Å². The third kappa shape index (κ3) is 7.08. The molecule has 0 radical (unpaired) electrons. The molecule has 0 aliphatic carbocycles. The zero-order valence-corrected chi connectivity index (χ0v) is 18.1. The van der Waals surface area contributed by atoms with Gasteiger partial charge in [-0.3, -0.25) is 4.79 Å². The maximum Gasteiger partial charge on any atom is 0.280 e. The molecule has 0 saturated heterocycles. The fourth-order valence-corrected chi connectivity index (χ4v) is 4.11. The van der Waals surface area contributed by atoms with E-state index in [-0.39, 0.29) is 16.2 Å². The second-order valence-electron chi connectivity index (χ2n) is 6.50. The van der Waals surface area contributed by atoms with Crippen LogP contribution in [0.2, 0.25) is 0 Å². The number of sulfone groups is 1. The molecule has 10 heteroatoms. The summed E-state index contributed by atoms with van der Waals surface area (Å²) in [4.78, 5) is 18.5. The number of benzene rings is 2. The molecule has 0 aliphatic heterocycles. The van der Waals surface area contributed by atoms with E-state index in [1.165, 1.54) is 18.2 Å². The number of hydrogen-bond donors (Lipinski definition) is 2. The first kappa shape index (κ1) is 22.7. The Bertz CT molecular complexity index is 999. The van der Waals surface area contributed by atoms with Crippen LogP contribution in [0.3, 0.4) is 0 Å². The van der Waals surface area contributed by atoms with Crippen molar-refractivity contribution in [2.75, 3.05) is 32.6 Å². The molecule has 0 aromatic heterocycles. The summed E-state index contributed by atoms with van der Waals surface area (Å²) in [5, 5.41) is 0. The maximum absolute atomic E-state index is 12.2. The molecule has 0 aliphatic rings. The van der Waals surface area contributed by atoms with E-state index in [1.54, 1.807) is 23.9 Å². The van der Waals surface area contributed by atoms with E-state index in [1.807, 2.05) is 26.2 Å². The lowest BCUT2D eigenvalue weighted by atomic mass is 10.2. The highest BCUT2D eigenvalue weighted by molar-refractivity contribution is 7.99. The van der Waals surface area contributed by atoms with Gasteiger partial charge in [-0.05, 0) is 56.6 Å². The second-order valence-corrected chi connectivity index (χ2v) is 9.65. The summed E-state index contributed by atoms with van der Waals surface area (Å²) >= 11 is 1.72. The second kappa shape index (κ2) is 9.77. The van der Waals surface area contributed by atoms with Gasteiger partial charge in [0.25, 0.3) is 5.91 Å². The highest BCUT2D eigenvalue weighted by Crippen LogP contribution is 2.31. The van der Waals surface area contributed by atoms with Crippen LogP contribution in [0.15, 0.2) is 57.2 Å². The Morgan fingerprint density at radius 3 is 2.34 bits per heavy atom. The fourth-order valence-electron chi connectivity index (χ4n) is 2.27. The van der Waals surface area contributed by atoms with Gasteiger partial charge in [0.2, 0.25) is 0 Å². The average Bonchev–Trinajstić information content (AvgIpc) is 2.61. The third-order valence-corrected chi connectivity index (χ3v) is 5.79. The van der Waals surface area contributed by atoms with Crippen molar-refractivity contribution < 1.29 is 17.9 Å². The molecule has 0 fully saturated rings. The molecule has 0 unspecified atom stereocenters. The van der Waals surface area contributed by atoms with Crippen LogP contribution in [-0.4, -0.2) is 57.8 Å². The van der Waals surface area contributed by atoms with Gasteiger partial charge in [-0.15, -0.1) is 11.8 Å². The molecule has 1 amide bonds. The van der Waals surface area contributed by atoms with Crippen LogP contribution >= 0.6 is 11.8 Å². The van der Waals surface area contributed by atoms with E-state index < -0.39 is 21.7 Å². The van der Waals surface area contributed by atoms with Gasteiger partial charge in [0, 0.05) is 29.0 Å². The standard InChI is InChI=1S/C19H24N4O4S2/c1-23(2)10-11-28-15-7-5-14(6-8-15)27-16-9-4-13(18(24)22-19(20)21)12-17(16)29(3,25)26/h4-9,12H,10-11H2,1-3H3,(H4,20,21,22,24). The zero-order valence-electron chi connectivity index (χ0n) is 16.5. The number of rotatable bonds is 8. The van der Waals surface area contributed by atoms with Crippen LogP contribution in [0.25, 0.3) is 0 Å². The van der Waals surface area contributed by atoms with E-state index in [9.17, 15) is 13.2 Å². The number of amides is 1. The monoisotopic (exact) mass is 436 g/mol. The third-order valence-electron chi connectivity index (χ3n) is 3.68. The van der Waals surface area contributed by atoms with Gasteiger partial charge in [0.05, 0.1) is 0 Å². The molecule has 0 spiro atoms. The average molecular weight is 437 g/mol. The van der Waals surface area contributed by atoms with Gasteiger partial charge in [0.15, 0.2) is 15.8 Å². The number of aliphatic imine (C=N–C) groups is 1. The molecule has 156 valence electrons. The molecule has 2 rings (SSSR count). The molecular weight excluding hydrogens is 412 g/mol. The summed E-state index contributed by atoms with van der Waals surface area (Å²) in [6, 6.07) is 11.4. The van der Waals surface area contributed by atoms with Crippen molar-refractivity contribution in [2.24, 2.45) is 16.5 Å². The minimum absolute atomic E-state index is 0.0406. The van der Waals surface area contributed by atoms with E-state index >= 15 is 0 Å². The minimum Gasteiger partial charge on any atom is -0.456 e. The highest BCUT2D eigenvalue weighted by atomic mass is 32.2. The Kier molecular flexibility index (Phi) is 7.66. The summed E-state index contributed by atoms with van der Waals surface area (Å²) in [6.45, 7) is 0.964. The SMILES string of the molecule is CN(C)CCSc1ccc(Oc2ccc(C(=O)N=C(N)N)cc2S(C)(=O)=O)cc1. The molecule has 2 aromatic carbocycles. The summed E-state index contributed by atoms with van der Waals surface area (Å²) in [7, 11) is 0.378. The van der Waals surface area contributed by atoms with Gasteiger partial charge >= 0.3 is 0 Å². The number of hydrogen-bond acceptors (Lipinski definition) is 6. The van der Waals surface area contributed by atoms with Gasteiger partial charge in [-0.2, -0.15) is 4.99 Å². The molecule has 0 heterocycles. The fraction of sp³-hybridized carbons (Fsp3) is 0.263. The summed E-state index contributed by atoms with van der Waals surface area (Å²) in [5.41, 5.74) is 10.4. The largest absolute Gasteiger partial charge is 0.456 e. The van der Waals surface area contributed by atoms with Crippen LogP contribution in [0.1, 0.15) is 10.4 Å². The lowest BCUT2D eigenvalue weighted by Gasteiger charge is -2.12. The molecule has 2 aromatic rings. The van der Waals surface area contributed by atoms with Crippen molar-refractivity contribution in [3.05, 3.63) is 48.0 Å². The number of ether oxygens (including phenoxy) is 1. The lowest BCUT2D eigenvalue weighted by Crippen LogP contribution is -2.24. The molecule has 8 nitrogen and oxygen atoms in total.